The Morgan fingerprint density at radius 2 is 2.15 bits per heavy atom. The Morgan fingerprint density at radius 3 is 2.54 bits per heavy atom. The minimum atomic E-state index is -0.491. The zero-order valence-electron chi connectivity index (χ0n) is 8.49. The van der Waals surface area contributed by atoms with Gasteiger partial charge in [-0.05, 0) is 0 Å². The molecule has 0 radical (unpaired) electrons. The first kappa shape index (κ1) is 10.5. The summed E-state index contributed by atoms with van der Waals surface area (Å²) in [6.45, 7) is 5.35. The molecule has 4 nitrogen and oxygen atoms in total. The van der Waals surface area contributed by atoms with Gasteiger partial charge in [0, 0.05) is 25.9 Å². The van der Waals surface area contributed by atoms with Gasteiger partial charge >= 0.3 is 5.97 Å². The number of methoxy groups -OCH3 is 1. The molecule has 1 aliphatic rings. The fourth-order valence-electron chi connectivity index (χ4n) is 1.37. The van der Waals surface area contributed by atoms with E-state index in [1.54, 1.807) is 7.11 Å². The predicted molar refractivity (Wildman–Crippen MR) is 45.8 cm³/mol. The third kappa shape index (κ3) is 2.42. The molecule has 0 bridgehead atoms. The second-order valence-electron chi connectivity index (χ2n) is 3.94. The van der Waals surface area contributed by atoms with Gasteiger partial charge in [-0.15, -0.1) is 0 Å². The Bertz CT molecular complexity index is 200. The number of carbonyl (C=O) groups excluding carboxylic acids is 1. The van der Waals surface area contributed by atoms with Crippen LogP contribution in [0, 0.1) is 5.41 Å². The highest BCUT2D eigenvalue weighted by atomic mass is 16.8. The summed E-state index contributed by atoms with van der Waals surface area (Å²) < 4.78 is 15.4. The van der Waals surface area contributed by atoms with Crippen molar-refractivity contribution < 1.29 is 19.0 Å². The van der Waals surface area contributed by atoms with Crippen LogP contribution in [0.1, 0.15) is 27.2 Å². The average Bonchev–Trinajstić information content (AvgIpc) is 2.26. The van der Waals surface area contributed by atoms with E-state index < -0.39 is 6.29 Å². The van der Waals surface area contributed by atoms with Gasteiger partial charge in [0.1, 0.15) is 0 Å². The van der Waals surface area contributed by atoms with Crippen molar-refractivity contribution in [1.29, 1.82) is 0 Å². The maximum absolute atomic E-state index is 10.7. The first-order chi connectivity index (χ1) is 5.95. The summed E-state index contributed by atoms with van der Waals surface area (Å²) in [5.41, 5.74) is -0.174. The molecule has 1 heterocycles. The molecular weight excluding hydrogens is 172 g/mol. The first-order valence-electron chi connectivity index (χ1n) is 4.31. The molecule has 1 aliphatic heterocycles. The van der Waals surface area contributed by atoms with Crippen molar-refractivity contribution >= 4 is 5.97 Å². The van der Waals surface area contributed by atoms with Crippen LogP contribution in [0.15, 0.2) is 0 Å². The highest BCUT2D eigenvalue weighted by Crippen LogP contribution is 2.38. The summed E-state index contributed by atoms with van der Waals surface area (Å²) >= 11 is 0. The zero-order chi connectivity index (χ0) is 10.1. The topological polar surface area (TPSA) is 44.8 Å². The number of ether oxygens (including phenoxy) is 3. The molecule has 0 aromatic carbocycles. The summed E-state index contributed by atoms with van der Waals surface area (Å²) in [4.78, 5) is 10.7. The monoisotopic (exact) mass is 188 g/mol. The van der Waals surface area contributed by atoms with Gasteiger partial charge in [0.25, 0.3) is 0 Å². The molecule has 1 saturated heterocycles. The van der Waals surface area contributed by atoms with Crippen LogP contribution in [0.4, 0.5) is 0 Å². The Kier molecular flexibility index (Phi) is 2.93. The van der Waals surface area contributed by atoms with Crippen LogP contribution >= 0.6 is 0 Å². The Morgan fingerprint density at radius 1 is 1.54 bits per heavy atom. The van der Waals surface area contributed by atoms with E-state index in [1.165, 1.54) is 6.92 Å². The Labute approximate surface area is 78.2 Å². The van der Waals surface area contributed by atoms with Crippen LogP contribution in [-0.2, 0) is 19.0 Å². The van der Waals surface area contributed by atoms with Gasteiger partial charge in [-0.3, -0.25) is 4.79 Å². The van der Waals surface area contributed by atoms with E-state index in [0.717, 1.165) is 6.42 Å². The highest BCUT2D eigenvalue weighted by molar-refractivity contribution is 5.66. The molecular formula is C9H16O4. The van der Waals surface area contributed by atoms with Crippen molar-refractivity contribution in [1.82, 2.24) is 0 Å². The standard InChI is InChI=1S/C9H16O4/c1-6(10)12-8-9(2,3)5-7(11-4)13-8/h7-8H,5H2,1-4H3. The average molecular weight is 188 g/mol. The van der Waals surface area contributed by atoms with E-state index in [9.17, 15) is 4.79 Å². The van der Waals surface area contributed by atoms with Crippen molar-refractivity contribution in [3.63, 3.8) is 0 Å². The lowest BCUT2D eigenvalue weighted by molar-refractivity contribution is -0.212. The summed E-state index contributed by atoms with van der Waals surface area (Å²) in [5.74, 6) is -0.324. The number of hydrogen-bond donors (Lipinski definition) is 0. The molecule has 0 N–H and O–H groups in total. The van der Waals surface area contributed by atoms with Crippen molar-refractivity contribution in [2.45, 2.75) is 39.8 Å². The quantitative estimate of drug-likeness (QED) is 0.612. The van der Waals surface area contributed by atoms with Crippen LogP contribution in [-0.4, -0.2) is 25.7 Å². The van der Waals surface area contributed by atoms with E-state index in [0.29, 0.717) is 0 Å². The molecule has 0 saturated carbocycles. The smallest absolute Gasteiger partial charge is 0.304 e. The molecule has 4 heteroatoms. The van der Waals surface area contributed by atoms with Crippen LogP contribution in [0.25, 0.3) is 0 Å². The van der Waals surface area contributed by atoms with Crippen molar-refractivity contribution in [3.8, 4) is 0 Å². The van der Waals surface area contributed by atoms with E-state index in [1.807, 2.05) is 13.8 Å². The van der Waals surface area contributed by atoms with Gasteiger partial charge in [-0.1, -0.05) is 13.8 Å². The summed E-state index contributed by atoms with van der Waals surface area (Å²) in [6, 6.07) is 0. The molecule has 2 unspecified atom stereocenters. The van der Waals surface area contributed by atoms with E-state index in [-0.39, 0.29) is 17.7 Å². The van der Waals surface area contributed by atoms with Crippen LogP contribution in [0.2, 0.25) is 0 Å². The third-order valence-corrected chi connectivity index (χ3v) is 2.14. The number of rotatable bonds is 2. The molecule has 0 aromatic rings. The molecule has 13 heavy (non-hydrogen) atoms. The maximum atomic E-state index is 10.7. The van der Waals surface area contributed by atoms with Crippen LogP contribution in [0.3, 0.4) is 0 Å². The molecule has 1 rings (SSSR count). The predicted octanol–water partition coefficient (Wildman–Crippen LogP) is 1.29. The van der Waals surface area contributed by atoms with Crippen molar-refractivity contribution in [2.75, 3.05) is 7.11 Å². The molecule has 1 fully saturated rings. The van der Waals surface area contributed by atoms with Gasteiger partial charge in [0.05, 0.1) is 0 Å². The molecule has 0 aliphatic carbocycles. The fourth-order valence-corrected chi connectivity index (χ4v) is 1.37. The largest absolute Gasteiger partial charge is 0.435 e. The first-order valence-corrected chi connectivity index (χ1v) is 4.31. The normalized spacial score (nSPS) is 31.7. The number of carbonyl (C=O) groups is 1. The second-order valence-corrected chi connectivity index (χ2v) is 3.94. The third-order valence-electron chi connectivity index (χ3n) is 2.14. The maximum Gasteiger partial charge on any atom is 0.304 e. The Balaban J connectivity index is 2.59. The lowest BCUT2D eigenvalue weighted by Gasteiger charge is -2.23. The van der Waals surface area contributed by atoms with Gasteiger partial charge in [0.15, 0.2) is 6.29 Å². The lowest BCUT2D eigenvalue weighted by atomic mass is 9.91. The molecule has 0 aromatic heterocycles. The molecule has 76 valence electrons. The van der Waals surface area contributed by atoms with Crippen molar-refractivity contribution in [2.24, 2.45) is 5.41 Å². The summed E-state index contributed by atoms with van der Waals surface area (Å²) in [7, 11) is 1.58. The summed E-state index contributed by atoms with van der Waals surface area (Å²) in [6.07, 6.45) is -0.0177. The van der Waals surface area contributed by atoms with Gasteiger partial charge in [0.2, 0.25) is 6.29 Å². The van der Waals surface area contributed by atoms with E-state index >= 15 is 0 Å². The van der Waals surface area contributed by atoms with E-state index in [4.69, 9.17) is 14.2 Å². The lowest BCUT2D eigenvalue weighted by Crippen LogP contribution is -2.29. The van der Waals surface area contributed by atoms with Crippen LogP contribution < -0.4 is 0 Å². The minimum Gasteiger partial charge on any atom is -0.435 e. The number of hydrogen-bond acceptors (Lipinski definition) is 4. The minimum absolute atomic E-state index is 0.174. The van der Waals surface area contributed by atoms with Gasteiger partial charge in [-0.2, -0.15) is 0 Å². The zero-order valence-corrected chi connectivity index (χ0v) is 8.49. The van der Waals surface area contributed by atoms with Gasteiger partial charge in [-0.25, -0.2) is 0 Å². The fraction of sp³-hybridized carbons (Fsp3) is 0.889. The number of esters is 1. The SMILES string of the molecule is COC1CC(C)(C)C(OC(C)=O)O1. The van der Waals surface area contributed by atoms with Crippen molar-refractivity contribution in [3.05, 3.63) is 0 Å². The highest BCUT2D eigenvalue weighted by Gasteiger charge is 2.44. The molecule has 0 amide bonds. The molecule has 0 spiro atoms. The second kappa shape index (κ2) is 3.64. The summed E-state index contributed by atoms with van der Waals surface area (Å²) in [5, 5.41) is 0. The van der Waals surface area contributed by atoms with Gasteiger partial charge < -0.3 is 14.2 Å². The van der Waals surface area contributed by atoms with Crippen LogP contribution in [0.5, 0.6) is 0 Å². The Hall–Kier alpha value is -0.610. The molecule has 2 atom stereocenters. The van der Waals surface area contributed by atoms with E-state index in [2.05, 4.69) is 0 Å².